The predicted molar refractivity (Wildman–Crippen MR) is 91.8 cm³/mol. The highest BCUT2D eigenvalue weighted by molar-refractivity contribution is 6.30. The van der Waals surface area contributed by atoms with Crippen LogP contribution in [0.15, 0.2) is 30.5 Å². The number of carboxylic acids is 1. The van der Waals surface area contributed by atoms with Gasteiger partial charge in [0.1, 0.15) is 0 Å². The summed E-state index contributed by atoms with van der Waals surface area (Å²) >= 11 is 6.02. The number of rotatable bonds is 8. The number of nitrogens with zero attached hydrogens (tertiary/aromatic N) is 2. The van der Waals surface area contributed by atoms with E-state index in [0.717, 1.165) is 11.4 Å². The maximum atomic E-state index is 12.3. The first-order chi connectivity index (χ1) is 11.5. The van der Waals surface area contributed by atoms with E-state index in [-0.39, 0.29) is 12.3 Å². The predicted octanol–water partition coefficient (Wildman–Crippen LogP) is 3.07. The molecule has 6 nitrogen and oxygen atoms in total. The van der Waals surface area contributed by atoms with E-state index in [1.54, 1.807) is 23.0 Å². The zero-order valence-electron chi connectivity index (χ0n) is 13.5. The molecule has 128 valence electrons. The number of nitrogens with one attached hydrogen (secondary N) is 1. The number of halogens is 1. The van der Waals surface area contributed by atoms with Crippen molar-refractivity contribution >= 4 is 23.5 Å². The summed E-state index contributed by atoms with van der Waals surface area (Å²) in [6, 6.07) is 7.29. The second kappa shape index (κ2) is 8.49. The Kier molecular flexibility index (Phi) is 6.37. The third kappa shape index (κ3) is 4.58. The van der Waals surface area contributed by atoms with Crippen molar-refractivity contribution in [1.82, 2.24) is 15.1 Å². The molecule has 2 rings (SSSR count). The fourth-order valence-corrected chi connectivity index (χ4v) is 2.62. The quantitative estimate of drug-likeness (QED) is 0.717. The zero-order chi connectivity index (χ0) is 17.5. The van der Waals surface area contributed by atoms with Gasteiger partial charge in [-0.1, -0.05) is 24.6 Å². The molecule has 1 aromatic carbocycles. The van der Waals surface area contributed by atoms with Gasteiger partial charge in [-0.2, -0.15) is 5.10 Å². The lowest BCUT2D eigenvalue weighted by atomic mass is 10.1. The number of hydrogen-bond acceptors (Lipinski definition) is 3. The molecular formula is C17H20ClN3O3. The topological polar surface area (TPSA) is 84.2 Å². The van der Waals surface area contributed by atoms with Gasteiger partial charge in [-0.3, -0.25) is 9.59 Å². The van der Waals surface area contributed by atoms with Crippen molar-refractivity contribution in [3.05, 3.63) is 46.7 Å². The van der Waals surface area contributed by atoms with E-state index in [1.165, 1.54) is 0 Å². The van der Waals surface area contributed by atoms with Crippen molar-refractivity contribution in [3.8, 4) is 5.69 Å². The molecule has 0 radical (unpaired) electrons. The van der Waals surface area contributed by atoms with Crippen LogP contribution in [0, 0.1) is 0 Å². The van der Waals surface area contributed by atoms with Crippen LogP contribution in [-0.2, 0) is 11.2 Å². The van der Waals surface area contributed by atoms with E-state index in [1.807, 2.05) is 19.1 Å². The molecular weight excluding hydrogens is 330 g/mol. The Balaban J connectivity index is 2.05. The molecule has 24 heavy (non-hydrogen) atoms. The standard InChI is InChI=1S/C17H20ClN3O3/c1-2-15-14(17(24)19-9-4-3-8-16(22)23)11-20-21(15)13-7-5-6-12(18)10-13/h5-7,10-11H,2-4,8-9H2,1H3,(H,19,24)(H,22,23). The summed E-state index contributed by atoms with van der Waals surface area (Å²) in [6.07, 6.45) is 3.48. The molecule has 0 aliphatic rings. The average Bonchev–Trinajstić information content (AvgIpc) is 2.98. The number of carbonyl (C=O) groups is 2. The van der Waals surface area contributed by atoms with Crippen LogP contribution >= 0.6 is 11.6 Å². The highest BCUT2D eigenvalue weighted by Gasteiger charge is 2.16. The second-order valence-electron chi connectivity index (χ2n) is 5.36. The van der Waals surface area contributed by atoms with Crippen molar-refractivity contribution in [3.63, 3.8) is 0 Å². The number of benzene rings is 1. The maximum absolute atomic E-state index is 12.3. The smallest absolute Gasteiger partial charge is 0.303 e. The minimum absolute atomic E-state index is 0.114. The Hall–Kier alpha value is -2.34. The molecule has 1 heterocycles. The molecule has 1 aromatic heterocycles. The van der Waals surface area contributed by atoms with Gasteiger partial charge in [0.05, 0.1) is 23.1 Å². The zero-order valence-corrected chi connectivity index (χ0v) is 14.2. The molecule has 2 aromatic rings. The lowest BCUT2D eigenvalue weighted by Gasteiger charge is -2.09. The van der Waals surface area contributed by atoms with Gasteiger partial charge in [0, 0.05) is 18.0 Å². The molecule has 0 bridgehead atoms. The summed E-state index contributed by atoms with van der Waals surface area (Å²) in [6.45, 7) is 2.40. The normalized spacial score (nSPS) is 10.6. The molecule has 0 aliphatic carbocycles. The summed E-state index contributed by atoms with van der Waals surface area (Å²) < 4.78 is 1.71. The summed E-state index contributed by atoms with van der Waals surface area (Å²) in [5, 5.41) is 16.3. The monoisotopic (exact) mass is 349 g/mol. The number of hydrogen-bond donors (Lipinski definition) is 2. The van der Waals surface area contributed by atoms with Crippen molar-refractivity contribution in [2.45, 2.75) is 32.6 Å². The highest BCUT2D eigenvalue weighted by atomic mass is 35.5. The first-order valence-corrected chi connectivity index (χ1v) is 8.23. The molecule has 0 atom stereocenters. The van der Waals surface area contributed by atoms with Gasteiger partial charge in [-0.25, -0.2) is 4.68 Å². The molecule has 1 amide bonds. The number of unbranched alkanes of at least 4 members (excludes halogenated alkanes) is 1. The van der Waals surface area contributed by atoms with Crippen molar-refractivity contribution in [2.24, 2.45) is 0 Å². The van der Waals surface area contributed by atoms with Crippen molar-refractivity contribution < 1.29 is 14.7 Å². The Labute approximate surface area is 145 Å². The van der Waals surface area contributed by atoms with E-state index in [9.17, 15) is 9.59 Å². The Morgan fingerprint density at radius 2 is 2.12 bits per heavy atom. The van der Waals surface area contributed by atoms with Crippen LogP contribution in [0.2, 0.25) is 5.02 Å². The van der Waals surface area contributed by atoms with E-state index >= 15 is 0 Å². The van der Waals surface area contributed by atoms with Crippen LogP contribution in [-0.4, -0.2) is 33.3 Å². The van der Waals surface area contributed by atoms with Crippen LogP contribution in [0.3, 0.4) is 0 Å². The van der Waals surface area contributed by atoms with Crippen LogP contribution < -0.4 is 5.32 Å². The van der Waals surface area contributed by atoms with E-state index in [4.69, 9.17) is 16.7 Å². The van der Waals surface area contributed by atoms with E-state index in [0.29, 0.717) is 36.4 Å². The number of amides is 1. The Morgan fingerprint density at radius 3 is 2.79 bits per heavy atom. The Morgan fingerprint density at radius 1 is 1.33 bits per heavy atom. The third-order valence-electron chi connectivity index (χ3n) is 3.60. The number of aromatic nitrogens is 2. The molecule has 7 heteroatoms. The number of carbonyl (C=O) groups excluding carboxylic acids is 1. The van der Waals surface area contributed by atoms with Gasteiger partial charge >= 0.3 is 5.97 Å². The summed E-state index contributed by atoms with van der Waals surface area (Å²) in [5.41, 5.74) is 2.14. The van der Waals surface area contributed by atoms with Gasteiger partial charge in [-0.15, -0.1) is 0 Å². The van der Waals surface area contributed by atoms with Gasteiger partial charge < -0.3 is 10.4 Å². The highest BCUT2D eigenvalue weighted by Crippen LogP contribution is 2.19. The molecule has 0 saturated heterocycles. The van der Waals surface area contributed by atoms with Gasteiger partial charge in [-0.05, 0) is 37.5 Å². The second-order valence-corrected chi connectivity index (χ2v) is 5.79. The fraction of sp³-hybridized carbons (Fsp3) is 0.353. The fourth-order valence-electron chi connectivity index (χ4n) is 2.43. The van der Waals surface area contributed by atoms with Gasteiger partial charge in [0.25, 0.3) is 5.91 Å². The first kappa shape index (κ1) is 18.0. The largest absolute Gasteiger partial charge is 0.481 e. The van der Waals surface area contributed by atoms with Crippen LogP contribution in [0.1, 0.15) is 42.2 Å². The Bertz CT molecular complexity index is 728. The van der Waals surface area contributed by atoms with Crippen LogP contribution in [0.5, 0.6) is 0 Å². The maximum Gasteiger partial charge on any atom is 0.303 e. The lowest BCUT2D eigenvalue weighted by Crippen LogP contribution is -2.25. The number of aliphatic carboxylic acids is 1. The van der Waals surface area contributed by atoms with Crippen molar-refractivity contribution in [2.75, 3.05) is 6.54 Å². The average molecular weight is 350 g/mol. The lowest BCUT2D eigenvalue weighted by molar-refractivity contribution is -0.137. The van der Waals surface area contributed by atoms with Crippen LogP contribution in [0.4, 0.5) is 0 Å². The number of carboxylic acid groups (broad SMARTS) is 1. The van der Waals surface area contributed by atoms with E-state index < -0.39 is 5.97 Å². The van der Waals surface area contributed by atoms with Gasteiger partial charge in [0.15, 0.2) is 0 Å². The minimum Gasteiger partial charge on any atom is -0.481 e. The minimum atomic E-state index is -0.822. The molecule has 0 fully saturated rings. The van der Waals surface area contributed by atoms with Crippen molar-refractivity contribution in [1.29, 1.82) is 0 Å². The van der Waals surface area contributed by atoms with E-state index in [2.05, 4.69) is 10.4 Å². The first-order valence-electron chi connectivity index (χ1n) is 7.85. The van der Waals surface area contributed by atoms with Gasteiger partial charge in [0.2, 0.25) is 0 Å². The van der Waals surface area contributed by atoms with Crippen LogP contribution in [0.25, 0.3) is 5.69 Å². The molecule has 0 aliphatic heterocycles. The molecule has 0 unspecified atom stereocenters. The third-order valence-corrected chi connectivity index (χ3v) is 3.84. The summed E-state index contributed by atoms with van der Waals surface area (Å²) in [5.74, 6) is -1.02. The SMILES string of the molecule is CCc1c(C(=O)NCCCCC(=O)O)cnn1-c1cccc(Cl)c1. The molecule has 2 N–H and O–H groups in total. The summed E-state index contributed by atoms with van der Waals surface area (Å²) in [7, 11) is 0. The summed E-state index contributed by atoms with van der Waals surface area (Å²) in [4.78, 5) is 22.8. The molecule has 0 saturated carbocycles. The molecule has 0 spiro atoms.